The maximum absolute atomic E-state index is 13.8. The van der Waals surface area contributed by atoms with E-state index in [4.69, 9.17) is 17.3 Å². The van der Waals surface area contributed by atoms with E-state index in [0.717, 1.165) is 27.5 Å². The van der Waals surface area contributed by atoms with Gasteiger partial charge in [0.1, 0.15) is 0 Å². The zero-order chi connectivity index (χ0) is 20.3. The van der Waals surface area contributed by atoms with Crippen LogP contribution >= 0.6 is 23.4 Å². The fraction of sp³-hybridized carbons (Fsp3) is 0.0526. The molecular formula is C19H15ClFN3O3S. The van der Waals surface area contributed by atoms with Gasteiger partial charge in [0.25, 0.3) is 0 Å². The van der Waals surface area contributed by atoms with Crippen LogP contribution in [0.2, 0.25) is 5.02 Å². The summed E-state index contributed by atoms with van der Waals surface area (Å²) in [6.45, 7) is 0.252. The Morgan fingerprint density at radius 2 is 1.89 bits per heavy atom. The zero-order valence-corrected chi connectivity index (χ0v) is 15.9. The van der Waals surface area contributed by atoms with Crippen molar-refractivity contribution in [1.29, 1.82) is 0 Å². The van der Waals surface area contributed by atoms with Crippen molar-refractivity contribution in [2.24, 2.45) is 0 Å². The Morgan fingerprint density at radius 1 is 1.18 bits per heavy atom. The number of halogens is 2. The van der Waals surface area contributed by atoms with Crippen LogP contribution in [0.15, 0.2) is 64.4 Å². The van der Waals surface area contributed by atoms with Crippen LogP contribution in [0, 0.1) is 15.9 Å². The molecule has 0 radical (unpaired) electrons. The molecule has 0 saturated heterocycles. The number of nitrogen functional groups attached to an aromatic ring is 1. The van der Waals surface area contributed by atoms with Crippen molar-refractivity contribution >= 4 is 40.4 Å². The lowest BCUT2D eigenvalue weighted by molar-refractivity contribution is -0.386. The maximum Gasteiger partial charge on any atom is 0.315 e. The quantitative estimate of drug-likeness (QED) is 0.213. The van der Waals surface area contributed by atoms with Crippen LogP contribution in [0.25, 0.3) is 0 Å². The number of aromatic hydroxyl groups is 1. The van der Waals surface area contributed by atoms with Gasteiger partial charge < -0.3 is 16.2 Å². The highest BCUT2D eigenvalue weighted by Crippen LogP contribution is 2.34. The van der Waals surface area contributed by atoms with Gasteiger partial charge in [-0.2, -0.15) is 0 Å². The van der Waals surface area contributed by atoms with Gasteiger partial charge in [0.05, 0.1) is 4.92 Å². The Morgan fingerprint density at radius 3 is 2.57 bits per heavy atom. The molecule has 3 rings (SSSR count). The van der Waals surface area contributed by atoms with Gasteiger partial charge in [0.15, 0.2) is 5.82 Å². The molecule has 0 spiro atoms. The first-order chi connectivity index (χ1) is 13.3. The normalized spacial score (nSPS) is 10.6. The van der Waals surface area contributed by atoms with Gasteiger partial charge in [0.2, 0.25) is 5.75 Å². The van der Waals surface area contributed by atoms with Gasteiger partial charge in [-0.25, -0.2) is 4.39 Å². The van der Waals surface area contributed by atoms with Crippen LogP contribution in [-0.4, -0.2) is 10.0 Å². The Balaban J connectivity index is 1.83. The first-order valence-electron chi connectivity index (χ1n) is 8.06. The molecule has 0 heterocycles. The monoisotopic (exact) mass is 419 g/mol. The number of phenolic OH excluding ortho intramolecular Hbond substituents is 1. The van der Waals surface area contributed by atoms with E-state index in [0.29, 0.717) is 10.7 Å². The predicted molar refractivity (Wildman–Crippen MR) is 108 cm³/mol. The van der Waals surface area contributed by atoms with Gasteiger partial charge in [-0.3, -0.25) is 10.1 Å². The van der Waals surface area contributed by atoms with Crippen LogP contribution in [0.4, 0.5) is 21.5 Å². The lowest BCUT2D eigenvalue weighted by Crippen LogP contribution is -2.03. The molecule has 144 valence electrons. The van der Waals surface area contributed by atoms with E-state index in [1.54, 1.807) is 24.3 Å². The highest BCUT2D eigenvalue weighted by molar-refractivity contribution is 7.99. The van der Waals surface area contributed by atoms with Crippen LogP contribution in [0.3, 0.4) is 0 Å². The molecule has 0 atom stereocenters. The number of nitro groups is 1. The highest BCUT2D eigenvalue weighted by Gasteiger charge is 2.19. The topological polar surface area (TPSA) is 101 Å². The number of hydrogen-bond donors (Lipinski definition) is 3. The minimum atomic E-state index is -1.07. The van der Waals surface area contributed by atoms with E-state index in [2.05, 4.69) is 5.32 Å². The summed E-state index contributed by atoms with van der Waals surface area (Å²) < 4.78 is 13.8. The summed E-state index contributed by atoms with van der Waals surface area (Å²) in [6, 6.07) is 14.8. The third kappa shape index (κ3) is 4.65. The number of anilines is 2. The number of nitro benzene ring substituents is 1. The molecule has 0 fully saturated rings. The van der Waals surface area contributed by atoms with Gasteiger partial charge in [0, 0.05) is 44.9 Å². The van der Waals surface area contributed by atoms with Crippen LogP contribution in [-0.2, 0) is 6.54 Å². The summed E-state index contributed by atoms with van der Waals surface area (Å²) in [5, 5.41) is 24.0. The largest absolute Gasteiger partial charge is 0.500 e. The molecule has 3 aromatic carbocycles. The molecule has 0 bridgehead atoms. The average Bonchev–Trinajstić information content (AvgIpc) is 2.66. The smallest absolute Gasteiger partial charge is 0.315 e. The molecule has 0 unspecified atom stereocenters. The van der Waals surface area contributed by atoms with Crippen molar-refractivity contribution in [2.75, 3.05) is 11.1 Å². The van der Waals surface area contributed by atoms with Gasteiger partial charge >= 0.3 is 5.69 Å². The number of nitrogens with two attached hydrogens (primary N) is 1. The van der Waals surface area contributed by atoms with E-state index in [-0.39, 0.29) is 12.2 Å². The number of benzene rings is 3. The molecule has 9 heteroatoms. The average molecular weight is 420 g/mol. The Kier molecular flexibility index (Phi) is 5.91. The highest BCUT2D eigenvalue weighted by atomic mass is 35.5. The second kappa shape index (κ2) is 8.37. The molecule has 0 aromatic heterocycles. The molecule has 4 N–H and O–H groups in total. The SMILES string of the molecule is Nc1ccc(Sc2ccc(Cl)cc2)c(CNc2cc(F)c(O)c([N+](=O)[O-])c2)c1. The van der Waals surface area contributed by atoms with Crippen molar-refractivity contribution in [3.63, 3.8) is 0 Å². The van der Waals surface area contributed by atoms with Crippen LogP contribution in [0.1, 0.15) is 5.56 Å². The number of nitrogens with one attached hydrogen (secondary N) is 1. The van der Waals surface area contributed by atoms with Crippen LogP contribution < -0.4 is 11.1 Å². The Hall–Kier alpha value is -2.97. The molecule has 3 aromatic rings. The number of nitrogens with zero attached hydrogens (tertiary/aromatic N) is 1. The van der Waals surface area contributed by atoms with E-state index < -0.39 is 22.2 Å². The van der Waals surface area contributed by atoms with Crippen molar-refractivity contribution in [1.82, 2.24) is 0 Å². The minimum Gasteiger partial charge on any atom is -0.500 e. The minimum absolute atomic E-state index is 0.173. The lowest BCUT2D eigenvalue weighted by atomic mass is 10.2. The summed E-state index contributed by atoms with van der Waals surface area (Å²) in [7, 11) is 0. The molecule has 0 aliphatic rings. The third-order valence-electron chi connectivity index (χ3n) is 3.85. The van der Waals surface area contributed by atoms with Crippen molar-refractivity contribution in [3.05, 3.63) is 81.1 Å². The van der Waals surface area contributed by atoms with Gasteiger partial charge in [-0.05, 0) is 48.0 Å². The standard InChI is InChI=1S/C19H15ClFN3O3S/c20-12-1-4-15(5-2-12)28-18-6-3-13(22)7-11(18)10-23-14-8-16(21)19(25)17(9-14)24(26)27/h1-9,23,25H,10,22H2. The van der Waals surface area contributed by atoms with Crippen molar-refractivity contribution < 1.29 is 14.4 Å². The first kappa shape index (κ1) is 19.8. The van der Waals surface area contributed by atoms with E-state index in [9.17, 15) is 19.6 Å². The molecule has 0 saturated carbocycles. The number of hydrogen-bond acceptors (Lipinski definition) is 6. The molecule has 0 aliphatic heterocycles. The summed E-state index contributed by atoms with van der Waals surface area (Å²) in [6.07, 6.45) is 0. The molecule has 28 heavy (non-hydrogen) atoms. The van der Waals surface area contributed by atoms with Gasteiger partial charge in [-0.15, -0.1) is 0 Å². The third-order valence-corrected chi connectivity index (χ3v) is 5.23. The van der Waals surface area contributed by atoms with E-state index in [1.807, 2.05) is 18.2 Å². The fourth-order valence-electron chi connectivity index (χ4n) is 2.49. The molecule has 0 amide bonds. The molecular weight excluding hydrogens is 405 g/mol. The Labute approximate surface area is 169 Å². The van der Waals surface area contributed by atoms with Crippen molar-refractivity contribution in [3.8, 4) is 5.75 Å². The lowest BCUT2D eigenvalue weighted by Gasteiger charge is -2.13. The summed E-state index contributed by atoms with van der Waals surface area (Å²) in [4.78, 5) is 12.0. The van der Waals surface area contributed by atoms with Crippen molar-refractivity contribution in [2.45, 2.75) is 16.3 Å². The molecule has 6 nitrogen and oxygen atoms in total. The fourth-order valence-corrected chi connectivity index (χ4v) is 3.54. The molecule has 0 aliphatic carbocycles. The number of rotatable bonds is 6. The predicted octanol–water partition coefficient (Wildman–Crippen LogP) is 5.44. The second-order valence-electron chi connectivity index (χ2n) is 5.86. The number of phenols is 1. The summed E-state index contributed by atoms with van der Waals surface area (Å²) in [5.74, 6) is -2.06. The maximum atomic E-state index is 13.8. The first-order valence-corrected chi connectivity index (χ1v) is 9.25. The summed E-state index contributed by atoms with van der Waals surface area (Å²) in [5.41, 5.74) is 6.74. The second-order valence-corrected chi connectivity index (χ2v) is 7.41. The van der Waals surface area contributed by atoms with E-state index >= 15 is 0 Å². The summed E-state index contributed by atoms with van der Waals surface area (Å²) >= 11 is 7.41. The van der Waals surface area contributed by atoms with E-state index in [1.165, 1.54) is 11.8 Å². The van der Waals surface area contributed by atoms with Gasteiger partial charge in [-0.1, -0.05) is 23.4 Å². The zero-order valence-electron chi connectivity index (χ0n) is 14.4. The van der Waals surface area contributed by atoms with Crippen LogP contribution in [0.5, 0.6) is 5.75 Å². The Bertz CT molecular complexity index is 1030.